The van der Waals surface area contributed by atoms with E-state index in [1.807, 2.05) is 0 Å². The Balaban J connectivity index is 1.84. The number of hydrogen-bond donors (Lipinski definition) is 1. The molecule has 1 aliphatic heterocycles. The molecular formula is C14H22N2O2. The van der Waals surface area contributed by atoms with Gasteiger partial charge in [-0.25, -0.2) is 0 Å². The maximum Gasteiger partial charge on any atom is 0.0701 e. The van der Waals surface area contributed by atoms with E-state index < -0.39 is 0 Å². The van der Waals surface area contributed by atoms with Gasteiger partial charge in [0.25, 0.3) is 0 Å². The van der Waals surface area contributed by atoms with Gasteiger partial charge in [0.2, 0.25) is 0 Å². The van der Waals surface area contributed by atoms with Crippen LogP contribution in [-0.4, -0.2) is 44.4 Å². The molecule has 100 valence electrons. The third-order valence-electron chi connectivity index (χ3n) is 3.40. The van der Waals surface area contributed by atoms with E-state index in [1.165, 1.54) is 11.1 Å². The van der Waals surface area contributed by atoms with Gasteiger partial charge in [-0.05, 0) is 11.1 Å². The second kappa shape index (κ2) is 6.85. The highest BCUT2D eigenvalue weighted by Crippen LogP contribution is 2.23. The Morgan fingerprint density at radius 1 is 1.22 bits per heavy atom. The minimum Gasteiger partial charge on any atom is -0.382 e. The first kappa shape index (κ1) is 13.5. The second-order valence-electron chi connectivity index (χ2n) is 4.63. The summed E-state index contributed by atoms with van der Waals surface area (Å²) in [5, 5.41) is 0. The van der Waals surface area contributed by atoms with E-state index in [9.17, 15) is 0 Å². The van der Waals surface area contributed by atoms with Crippen molar-refractivity contribution in [1.29, 1.82) is 0 Å². The number of rotatable bonds is 7. The van der Waals surface area contributed by atoms with Crippen LogP contribution in [0.2, 0.25) is 0 Å². The van der Waals surface area contributed by atoms with Gasteiger partial charge in [-0.2, -0.15) is 0 Å². The Bertz CT molecular complexity index is 346. The van der Waals surface area contributed by atoms with Crippen molar-refractivity contribution in [3.8, 4) is 0 Å². The van der Waals surface area contributed by atoms with Gasteiger partial charge in [-0.3, -0.25) is 4.90 Å². The molecule has 0 saturated heterocycles. The summed E-state index contributed by atoms with van der Waals surface area (Å²) in [5.74, 6) is 0. The molecule has 1 atom stereocenters. The molecule has 1 unspecified atom stereocenters. The molecule has 1 aromatic carbocycles. The molecule has 2 N–H and O–H groups in total. The summed E-state index contributed by atoms with van der Waals surface area (Å²) in [7, 11) is 1.68. The maximum absolute atomic E-state index is 5.85. The topological polar surface area (TPSA) is 47.7 Å². The molecule has 1 heterocycles. The van der Waals surface area contributed by atoms with Crippen molar-refractivity contribution in [2.45, 2.75) is 19.1 Å². The van der Waals surface area contributed by atoms with Crippen molar-refractivity contribution < 1.29 is 9.47 Å². The molecule has 4 nitrogen and oxygen atoms in total. The molecule has 0 saturated carbocycles. The lowest BCUT2D eigenvalue weighted by molar-refractivity contribution is 0.0309. The zero-order chi connectivity index (χ0) is 12.8. The van der Waals surface area contributed by atoms with Gasteiger partial charge in [-0.1, -0.05) is 24.3 Å². The number of fused-ring (bicyclic) bond motifs is 1. The maximum atomic E-state index is 5.85. The predicted octanol–water partition coefficient (Wildman–Crippen LogP) is 0.993. The number of ether oxygens (including phenoxy) is 2. The fourth-order valence-corrected chi connectivity index (χ4v) is 2.30. The van der Waals surface area contributed by atoms with E-state index in [1.54, 1.807) is 7.11 Å². The lowest BCUT2D eigenvalue weighted by Crippen LogP contribution is -2.40. The number of methoxy groups -OCH3 is 1. The SMILES string of the molecule is COCCOCC(CN)N1Cc2ccccc2C1. The largest absolute Gasteiger partial charge is 0.382 e. The quantitative estimate of drug-likeness (QED) is 0.733. The first-order valence-electron chi connectivity index (χ1n) is 6.42. The molecule has 0 spiro atoms. The molecular weight excluding hydrogens is 228 g/mol. The Morgan fingerprint density at radius 2 is 1.89 bits per heavy atom. The van der Waals surface area contributed by atoms with Crippen molar-refractivity contribution in [3.05, 3.63) is 35.4 Å². The first-order chi connectivity index (χ1) is 8.85. The van der Waals surface area contributed by atoms with Crippen LogP contribution in [0.15, 0.2) is 24.3 Å². The van der Waals surface area contributed by atoms with E-state index in [0.29, 0.717) is 26.4 Å². The van der Waals surface area contributed by atoms with Gasteiger partial charge in [0.15, 0.2) is 0 Å². The lowest BCUT2D eigenvalue weighted by Gasteiger charge is -2.26. The van der Waals surface area contributed by atoms with Crippen molar-refractivity contribution in [1.82, 2.24) is 4.90 Å². The summed E-state index contributed by atoms with van der Waals surface area (Å²) in [6, 6.07) is 8.85. The smallest absolute Gasteiger partial charge is 0.0701 e. The Morgan fingerprint density at radius 3 is 2.44 bits per heavy atom. The predicted molar refractivity (Wildman–Crippen MR) is 71.2 cm³/mol. The zero-order valence-corrected chi connectivity index (χ0v) is 11.0. The van der Waals surface area contributed by atoms with Crippen LogP contribution in [0, 0.1) is 0 Å². The van der Waals surface area contributed by atoms with Crippen molar-refractivity contribution >= 4 is 0 Å². The van der Waals surface area contributed by atoms with E-state index in [2.05, 4.69) is 29.2 Å². The van der Waals surface area contributed by atoms with Crippen LogP contribution in [0.1, 0.15) is 11.1 Å². The highest BCUT2D eigenvalue weighted by Gasteiger charge is 2.24. The number of hydrogen-bond acceptors (Lipinski definition) is 4. The molecule has 0 aliphatic carbocycles. The monoisotopic (exact) mass is 250 g/mol. The highest BCUT2D eigenvalue weighted by atomic mass is 16.5. The summed E-state index contributed by atoms with van der Waals surface area (Å²) in [5.41, 5.74) is 8.67. The van der Waals surface area contributed by atoms with E-state index >= 15 is 0 Å². The van der Waals surface area contributed by atoms with Crippen LogP contribution in [0.4, 0.5) is 0 Å². The molecule has 0 fully saturated rings. The van der Waals surface area contributed by atoms with Crippen LogP contribution in [-0.2, 0) is 22.6 Å². The molecule has 18 heavy (non-hydrogen) atoms. The van der Waals surface area contributed by atoms with Crippen LogP contribution in [0.5, 0.6) is 0 Å². The third kappa shape index (κ3) is 3.29. The van der Waals surface area contributed by atoms with Crippen molar-refractivity contribution in [2.75, 3.05) is 33.5 Å². The van der Waals surface area contributed by atoms with Gasteiger partial charge in [0.1, 0.15) is 0 Å². The minimum absolute atomic E-state index is 0.286. The van der Waals surface area contributed by atoms with Gasteiger partial charge in [0.05, 0.1) is 19.8 Å². The zero-order valence-electron chi connectivity index (χ0n) is 11.0. The van der Waals surface area contributed by atoms with Crippen molar-refractivity contribution in [3.63, 3.8) is 0 Å². The second-order valence-corrected chi connectivity index (χ2v) is 4.63. The standard InChI is InChI=1S/C14H22N2O2/c1-17-6-7-18-11-14(8-15)16-9-12-4-2-3-5-13(12)10-16/h2-5,14H,6-11,15H2,1H3. The summed E-state index contributed by atoms with van der Waals surface area (Å²) in [4.78, 5) is 2.39. The van der Waals surface area contributed by atoms with Crippen LogP contribution in [0.3, 0.4) is 0 Å². The van der Waals surface area contributed by atoms with Gasteiger partial charge in [-0.15, -0.1) is 0 Å². The van der Waals surface area contributed by atoms with Crippen LogP contribution in [0.25, 0.3) is 0 Å². The molecule has 0 bridgehead atoms. The fraction of sp³-hybridized carbons (Fsp3) is 0.571. The average Bonchev–Trinajstić information content (AvgIpc) is 2.82. The average molecular weight is 250 g/mol. The number of nitrogens with zero attached hydrogens (tertiary/aromatic N) is 1. The van der Waals surface area contributed by atoms with Gasteiger partial charge >= 0.3 is 0 Å². The van der Waals surface area contributed by atoms with E-state index in [-0.39, 0.29) is 6.04 Å². The minimum atomic E-state index is 0.286. The van der Waals surface area contributed by atoms with Crippen LogP contribution >= 0.6 is 0 Å². The molecule has 2 rings (SSSR count). The third-order valence-corrected chi connectivity index (χ3v) is 3.40. The van der Waals surface area contributed by atoms with E-state index in [0.717, 1.165) is 13.1 Å². The number of benzene rings is 1. The van der Waals surface area contributed by atoms with Gasteiger partial charge < -0.3 is 15.2 Å². The normalized spacial score (nSPS) is 16.8. The molecule has 0 amide bonds. The first-order valence-corrected chi connectivity index (χ1v) is 6.42. The van der Waals surface area contributed by atoms with Crippen molar-refractivity contribution in [2.24, 2.45) is 5.73 Å². The molecule has 0 radical (unpaired) electrons. The molecule has 4 heteroatoms. The summed E-state index contributed by atoms with van der Waals surface area (Å²) >= 11 is 0. The summed E-state index contributed by atoms with van der Waals surface area (Å²) in [6.07, 6.45) is 0. The summed E-state index contributed by atoms with van der Waals surface area (Å²) < 4.78 is 10.6. The molecule has 1 aliphatic rings. The number of nitrogens with two attached hydrogens (primary N) is 1. The van der Waals surface area contributed by atoms with Gasteiger partial charge in [0, 0.05) is 32.8 Å². The Hall–Kier alpha value is -0.940. The lowest BCUT2D eigenvalue weighted by atomic mass is 10.1. The van der Waals surface area contributed by atoms with Crippen LogP contribution < -0.4 is 5.73 Å². The van der Waals surface area contributed by atoms with E-state index in [4.69, 9.17) is 15.2 Å². The Labute approximate surface area is 109 Å². The highest BCUT2D eigenvalue weighted by molar-refractivity contribution is 5.30. The molecule has 1 aromatic rings. The Kier molecular flexibility index (Phi) is 5.13. The molecule has 0 aromatic heterocycles. The fourth-order valence-electron chi connectivity index (χ4n) is 2.30. The summed E-state index contributed by atoms with van der Waals surface area (Å²) in [6.45, 7) is 4.53.